The summed E-state index contributed by atoms with van der Waals surface area (Å²) in [5, 5.41) is 9.06. The van der Waals surface area contributed by atoms with Gasteiger partial charge in [-0.2, -0.15) is 0 Å². The van der Waals surface area contributed by atoms with Gasteiger partial charge in [-0.3, -0.25) is 4.79 Å². The molecule has 1 aliphatic carbocycles. The predicted octanol–water partition coefficient (Wildman–Crippen LogP) is 0.626. The molecule has 1 aliphatic heterocycles. The predicted molar refractivity (Wildman–Crippen MR) is 49.1 cm³/mol. The van der Waals surface area contributed by atoms with Crippen LogP contribution < -0.4 is 0 Å². The van der Waals surface area contributed by atoms with Crippen molar-refractivity contribution >= 4 is 5.91 Å². The number of carbonyl (C=O) groups excluding carboxylic acids is 1. The van der Waals surface area contributed by atoms with Crippen LogP contribution in [0.25, 0.3) is 0 Å². The fourth-order valence-corrected chi connectivity index (χ4v) is 2.19. The van der Waals surface area contributed by atoms with Gasteiger partial charge in [0.05, 0.1) is 12.6 Å². The molecule has 1 amide bonds. The zero-order valence-electron chi connectivity index (χ0n) is 8.07. The number of aliphatic hydroxyl groups is 1. The molecule has 1 heterocycles. The quantitative estimate of drug-likeness (QED) is 0.682. The van der Waals surface area contributed by atoms with Crippen LogP contribution in [0.2, 0.25) is 0 Å². The van der Waals surface area contributed by atoms with Gasteiger partial charge in [0.1, 0.15) is 0 Å². The molecule has 3 nitrogen and oxygen atoms in total. The van der Waals surface area contributed by atoms with E-state index < -0.39 is 0 Å². The van der Waals surface area contributed by atoms with E-state index in [2.05, 4.69) is 6.92 Å². The molecule has 0 spiro atoms. The van der Waals surface area contributed by atoms with E-state index in [4.69, 9.17) is 5.11 Å². The van der Waals surface area contributed by atoms with E-state index in [1.807, 2.05) is 4.90 Å². The average molecular weight is 183 g/mol. The van der Waals surface area contributed by atoms with Crippen LogP contribution in [0.4, 0.5) is 0 Å². The maximum absolute atomic E-state index is 11.8. The first-order valence-electron chi connectivity index (χ1n) is 5.15. The molecule has 13 heavy (non-hydrogen) atoms. The molecule has 1 saturated carbocycles. The minimum atomic E-state index is 0.111. The summed E-state index contributed by atoms with van der Waals surface area (Å²) < 4.78 is 0. The second kappa shape index (κ2) is 3.29. The zero-order valence-corrected chi connectivity index (χ0v) is 8.07. The molecule has 2 fully saturated rings. The highest BCUT2D eigenvalue weighted by Gasteiger charge is 2.43. The summed E-state index contributed by atoms with van der Waals surface area (Å²) in [6, 6.07) is 0.111. The van der Waals surface area contributed by atoms with Gasteiger partial charge in [0.2, 0.25) is 5.91 Å². The number of nitrogens with zero attached hydrogens (tertiary/aromatic N) is 1. The van der Waals surface area contributed by atoms with Gasteiger partial charge in [-0.15, -0.1) is 0 Å². The van der Waals surface area contributed by atoms with E-state index in [0.717, 1.165) is 25.8 Å². The lowest BCUT2D eigenvalue weighted by atomic mass is 10.2. The Balaban J connectivity index is 1.95. The number of rotatable bonds is 2. The summed E-state index contributed by atoms with van der Waals surface area (Å²) in [6.45, 7) is 3.10. The monoisotopic (exact) mass is 183 g/mol. The van der Waals surface area contributed by atoms with Crippen LogP contribution >= 0.6 is 0 Å². The number of amides is 1. The number of aliphatic hydroxyl groups excluding tert-OH is 1. The molecule has 0 aromatic carbocycles. The normalized spacial score (nSPS) is 38.0. The summed E-state index contributed by atoms with van der Waals surface area (Å²) in [6.07, 6.45) is 3.08. The van der Waals surface area contributed by atoms with Crippen LogP contribution in [0.3, 0.4) is 0 Å². The molecule has 2 rings (SSSR count). The smallest absolute Gasteiger partial charge is 0.226 e. The third-order valence-electron chi connectivity index (χ3n) is 3.30. The lowest BCUT2D eigenvalue weighted by Gasteiger charge is -2.23. The minimum Gasteiger partial charge on any atom is -0.394 e. The number of likely N-dealkylation sites (tertiary alicyclic amines) is 1. The van der Waals surface area contributed by atoms with Crippen LogP contribution in [0, 0.1) is 11.8 Å². The third-order valence-corrected chi connectivity index (χ3v) is 3.30. The second-order valence-corrected chi connectivity index (χ2v) is 4.33. The molecule has 3 atom stereocenters. The van der Waals surface area contributed by atoms with Crippen molar-refractivity contribution in [1.82, 2.24) is 4.90 Å². The van der Waals surface area contributed by atoms with Crippen molar-refractivity contribution in [2.45, 2.75) is 32.2 Å². The van der Waals surface area contributed by atoms with Gasteiger partial charge in [0.15, 0.2) is 0 Å². The van der Waals surface area contributed by atoms with Crippen LogP contribution in [0.15, 0.2) is 0 Å². The van der Waals surface area contributed by atoms with Crippen LogP contribution in [-0.4, -0.2) is 35.1 Å². The summed E-state index contributed by atoms with van der Waals surface area (Å²) in [5.41, 5.74) is 0. The Morgan fingerprint density at radius 3 is 2.85 bits per heavy atom. The molecular formula is C10H17NO2. The van der Waals surface area contributed by atoms with Gasteiger partial charge in [0, 0.05) is 12.5 Å². The molecule has 1 N–H and O–H groups in total. The molecule has 3 heteroatoms. The molecule has 0 radical (unpaired) electrons. The lowest BCUT2D eigenvalue weighted by Crippen LogP contribution is -2.38. The first-order chi connectivity index (χ1) is 6.24. The van der Waals surface area contributed by atoms with Crippen molar-refractivity contribution in [3.63, 3.8) is 0 Å². The maximum atomic E-state index is 11.8. The standard InChI is InChI=1S/C10H17NO2/c1-7-5-9(7)10(13)11-4-2-3-8(11)6-12/h7-9,12H,2-6H2,1H3. The Kier molecular flexibility index (Phi) is 2.28. The molecule has 0 aromatic heterocycles. The molecule has 3 unspecified atom stereocenters. The van der Waals surface area contributed by atoms with Crippen molar-refractivity contribution in [2.75, 3.05) is 13.2 Å². The first-order valence-corrected chi connectivity index (χ1v) is 5.15. The van der Waals surface area contributed by atoms with E-state index >= 15 is 0 Å². The summed E-state index contributed by atoms with van der Waals surface area (Å²) in [5.74, 6) is 1.13. The second-order valence-electron chi connectivity index (χ2n) is 4.33. The number of hydrogen-bond acceptors (Lipinski definition) is 2. The van der Waals surface area contributed by atoms with Crippen LogP contribution in [0.5, 0.6) is 0 Å². The molecule has 74 valence electrons. The zero-order chi connectivity index (χ0) is 9.42. The Bertz CT molecular complexity index is 217. The minimum absolute atomic E-state index is 0.111. The van der Waals surface area contributed by atoms with Crippen molar-refractivity contribution < 1.29 is 9.90 Å². The van der Waals surface area contributed by atoms with Crippen LogP contribution in [0.1, 0.15) is 26.2 Å². The average Bonchev–Trinajstić information content (AvgIpc) is 2.70. The van der Waals surface area contributed by atoms with Gasteiger partial charge < -0.3 is 10.0 Å². The maximum Gasteiger partial charge on any atom is 0.226 e. The van der Waals surface area contributed by atoms with Crippen LogP contribution in [-0.2, 0) is 4.79 Å². The topological polar surface area (TPSA) is 40.5 Å². The Morgan fingerprint density at radius 2 is 2.31 bits per heavy atom. The first kappa shape index (κ1) is 9.00. The largest absolute Gasteiger partial charge is 0.394 e. The molecule has 0 bridgehead atoms. The molecular weight excluding hydrogens is 166 g/mol. The highest BCUT2D eigenvalue weighted by Crippen LogP contribution is 2.40. The van der Waals surface area contributed by atoms with E-state index in [1.165, 1.54) is 0 Å². The van der Waals surface area contributed by atoms with E-state index in [1.54, 1.807) is 0 Å². The van der Waals surface area contributed by atoms with Gasteiger partial charge >= 0.3 is 0 Å². The van der Waals surface area contributed by atoms with Gasteiger partial charge in [-0.25, -0.2) is 0 Å². The number of carbonyl (C=O) groups is 1. The van der Waals surface area contributed by atoms with E-state index in [9.17, 15) is 4.79 Å². The van der Waals surface area contributed by atoms with Crippen molar-refractivity contribution in [3.05, 3.63) is 0 Å². The summed E-state index contributed by atoms with van der Waals surface area (Å²) >= 11 is 0. The Labute approximate surface area is 78.7 Å². The fraction of sp³-hybridized carbons (Fsp3) is 0.900. The summed E-state index contributed by atoms with van der Waals surface area (Å²) in [4.78, 5) is 13.7. The van der Waals surface area contributed by atoms with Crippen molar-refractivity contribution in [2.24, 2.45) is 11.8 Å². The SMILES string of the molecule is CC1CC1C(=O)N1CCCC1CO. The summed E-state index contributed by atoms with van der Waals surface area (Å²) in [7, 11) is 0. The highest BCUT2D eigenvalue weighted by molar-refractivity contribution is 5.82. The van der Waals surface area contributed by atoms with Crippen molar-refractivity contribution in [3.8, 4) is 0 Å². The van der Waals surface area contributed by atoms with Gasteiger partial charge in [-0.1, -0.05) is 6.92 Å². The molecule has 1 saturated heterocycles. The van der Waals surface area contributed by atoms with Crippen molar-refractivity contribution in [1.29, 1.82) is 0 Å². The van der Waals surface area contributed by atoms with E-state index in [-0.39, 0.29) is 24.5 Å². The third kappa shape index (κ3) is 1.57. The van der Waals surface area contributed by atoms with E-state index in [0.29, 0.717) is 5.92 Å². The fourth-order valence-electron chi connectivity index (χ4n) is 2.19. The Morgan fingerprint density at radius 1 is 1.62 bits per heavy atom. The van der Waals surface area contributed by atoms with Gasteiger partial charge in [0.25, 0.3) is 0 Å². The number of hydrogen-bond donors (Lipinski definition) is 1. The lowest BCUT2D eigenvalue weighted by molar-refractivity contribution is -0.134. The molecule has 2 aliphatic rings. The van der Waals surface area contributed by atoms with Gasteiger partial charge in [-0.05, 0) is 25.2 Å². The highest BCUT2D eigenvalue weighted by atomic mass is 16.3. The Hall–Kier alpha value is -0.570. The molecule has 0 aromatic rings.